The van der Waals surface area contributed by atoms with Crippen LogP contribution in [0.5, 0.6) is 0 Å². The van der Waals surface area contributed by atoms with Crippen LogP contribution in [0.25, 0.3) is 0 Å². The van der Waals surface area contributed by atoms with Gasteiger partial charge in [0.15, 0.2) is 6.23 Å². The fourth-order valence-corrected chi connectivity index (χ4v) is 3.12. The Balaban J connectivity index is 1.80. The average molecular weight is 392 g/mol. The van der Waals surface area contributed by atoms with E-state index in [4.69, 9.17) is 9.84 Å². The first-order valence-electron chi connectivity index (χ1n) is 8.55. The third-order valence-corrected chi connectivity index (χ3v) is 4.59. The van der Waals surface area contributed by atoms with Crippen LogP contribution < -0.4 is 11.0 Å². The van der Waals surface area contributed by atoms with Crippen molar-refractivity contribution in [1.29, 1.82) is 0 Å². The quantitative estimate of drug-likeness (QED) is 0.390. The molecule has 1 aliphatic heterocycles. The van der Waals surface area contributed by atoms with Gasteiger partial charge in [0, 0.05) is 12.3 Å². The smallest absolute Gasteiger partial charge is 0.351 e. The number of benzene rings is 1. The summed E-state index contributed by atoms with van der Waals surface area (Å²) in [7, 11) is 0. The Morgan fingerprint density at radius 1 is 1.32 bits per heavy atom. The monoisotopic (exact) mass is 392 g/mol. The van der Waals surface area contributed by atoms with Crippen molar-refractivity contribution < 1.29 is 25.0 Å². The molecule has 0 saturated carbocycles. The summed E-state index contributed by atoms with van der Waals surface area (Å²) < 4.78 is 6.32. The van der Waals surface area contributed by atoms with E-state index in [0.717, 1.165) is 4.57 Å². The van der Waals surface area contributed by atoms with Gasteiger partial charge in [-0.15, -0.1) is 0 Å². The topological polar surface area (TPSA) is 160 Å². The summed E-state index contributed by atoms with van der Waals surface area (Å²) in [6, 6.07) is 7.18. The number of hydrogen-bond donors (Lipinski definition) is 4. The van der Waals surface area contributed by atoms with Gasteiger partial charge in [0.1, 0.15) is 24.1 Å². The number of aromatic nitrogens is 2. The van der Waals surface area contributed by atoms with Crippen molar-refractivity contribution in [2.75, 3.05) is 11.9 Å². The van der Waals surface area contributed by atoms with Gasteiger partial charge in [-0.2, -0.15) is 4.98 Å². The largest absolute Gasteiger partial charge is 0.394 e. The van der Waals surface area contributed by atoms with Gasteiger partial charge < -0.3 is 25.4 Å². The fraction of sp³-hybridized carbons (Fsp3) is 0.412. The second-order valence-corrected chi connectivity index (χ2v) is 6.41. The third kappa shape index (κ3) is 3.73. The molecule has 1 aliphatic rings. The summed E-state index contributed by atoms with van der Waals surface area (Å²) in [6.07, 6.45) is -3.61. The molecule has 2 aromatic rings. The van der Waals surface area contributed by atoms with E-state index >= 15 is 0 Å². The number of nitrogens with zero attached hydrogens (tertiary/aromatic N) is 3. The van der Waals surface area contributed by atoms with Crippen molar-refractivity contribution in [1.82, 2.24) is 9.55 Å². The molecule has 11 nitrogen and oxygen atoms in total. The van der Waals surface area contributed by atoms with E-state index in [0.29, 0.717) is 5.56 Å². The third-order valence-electron chi connectivity index (χ3n) is 4.59. The van der Waals surface area contributed by atoms with Crippen LogP contribution in [-0.2, 0) is 4.74 Å². The molecule has 3 unspecified atom stereocenters. The molecule has 28 heavy (non-hydrogen) atoms. The van der Waals surface area contributed by atoms with E-state index < -0.39 is 47.8 Å². The Morgan fingerprint density at radius 2 is 2.04 bits per heavy atom. The molecule has 0 bridgehead atoms. The molecule has 2 heterocycles. The van der Waals surface area contributed by atoms with E-state index in [2.05, 4.69) is 10.3 Å². The SMILES string of the molecule is CC(Nc1ccn([C@@H]2O[C@H](CO)C(O)C2O)c(=O)n1)c1ccccc1[N+](=O)[O-]. The molecule has 0 aliphatic carbocycles. The van der Waals surface area contributed by atoms with Gasteiger partial charge in [-0.25, -0.2) is 4.79 Å². The van der Waals surface area contributed by atoms with Crippen LogP contribution in [0.1, 0.15) is 24.8 Å². The van der Waals surface area contributed by atoms with Crippen molar-refractivity contribution in [3.63, 3.8) is 0 Å². The van der Waals surface area contributed by atoms with E-state index in [1.165, 1.54) is 18.3 Å². The van der Waals surface area contributed by atoms with Gasteiger partial charge in [-0.05, 0) is 13.0 Å². The number of hydrogen-bond acceptors (Lipinski definition) is 9. The number of nitrogens with one attached hydrogen (secondary N) is 1. The highest BCUT2D eigenvalue weighted by Crippen LogP contribution is 2.29. The minimum Gasteiger partial charge on any atom is -0.394 e. The standard InChI is InChI=1S/C17H20N4O7/c1-9(10-4-2-3-5-11(10)21(26)27)18-13-6-7-20(17(25)19-13)16-15(24)14(23)12(8-22)28-16/h2-7,9,12,14-16,22-24H,8H2,1H3,(H,18,19,25)/t9?,12-,14?,15?,16-/m1/s1. The van der Waals surface area contributed by atoms with Gasteiger partial charge in [-0.3, -0.25) is 14.7 Å². The number of aliphatic hydroxyl groups excluding tert-OH is 3. The molecule has 0 spiro atoms. The van der Waals surface area contributed by atoms with Gasteiger partial charge in [0.25, 0.3) is 5.69 Å². The highest BCUT2D eigenvalue weighted by atomic mass is 16.6. The van der Waals surface area contributed by atoms with Crippen molar-refractivity contribution in [3.05, 3.63) is 62.7 Å². The van der Waals surface area contributed by atoms with Crippen LogP contribution in [-0.4, -0.2) is 54.7 Å². The first kappa shape index (κ1) is 19.9. The number of nitro groups is 1. The van der Waals surface area contributed by atoms with Gasteiger partial charge >= 0.3 is 5.69 Å². The second kappa shape index (κ2) is 8.02. The molecular weight excluding hydrogens is 372 g/mol. The molecule has 1 fully saturated rings. The van der Waals surface area contributed by atoms with Crippen LogP contribution >= 0.6 is 0 Å². The number of para-hydroxylation sites is 1. The van der Waals surface area contributed by atoms with E-state index in [1.54, 1.807) is 25.1 Å². The van der Waals surface area contributed by atoms with Crippen molar-refractivity contribution >= 4 is 11.5 Å². The number of aliphatic hydroxyl groups is 3. The zero-order valence-electron chi connectivity index (χ0n) is 14.9. The van der Waals surface area contributed by atoms with Crippen LogP contribution in [0.3, 0.4) is 0 Å². The Kier molecular flexibility index (Phi) is 5.70. The summed E-state index contributed by atoms with van der Waals surface area (Å²) in [6.45, 7) is 1.19. The maximum atomic E-state index is 12.3. The first-order chi connectivity index (χ1) is 13.3. The van der Waals surface area contributed by atoms with Crippen molar-refractivity contribution in [3.8, 4) is 0 Å². The van der Waals surface area contributed by atoms with Gasteiger partial charge in [0.05, 0.1) is 23.1 Å². The maximum absolute atomic E-state index is 12.3. The van der Waals surface area contributed by atoms with Crippen LogP contribution in [0, 0.1) is 10.1 Å². The minimum absolute atomic E-state index is 0.0534. The normalized spacial score (nSPS) is 25.4. The lowest BCUT2D eigenvalue weighted by molar-refractivity contribution is -0.385. The number of ether oxygens (including phenoxy) is 1. The van der Waals surface area contributed by atoms with E-state index in [1.807, 2.05) is 0 Å². The molecule has 150 valence electrons. The van der Waals surface area contributed by atoms with E-state index in [-0.39, 0.29) is 11.5 Å². The molecule has 3 rings (SSSR count). The molecule has 11 heteroatoms. The first-order valence-corrected chi connectivity index (χ1v) is 8.55. The maximum Gasteiger partial charge on any atom is 0.351 e. The Morgan fingerprint density at radius 3 is 2.64 bits per heavy atom. The lowest BCUT2D eigenvalue weighted by Crippen LogP contribution is -2.36. The summed E-state index contributed by atoms with van der Waals surface area (Å²) in [5.41, 5.74) is -0.376. The average Bonchev–Trinajstić information content (AvgIpc) is 2.96. The summed E-state index contributed by atoms with van der Waals surface area (Å²) in [4.78, 5) is 26.9. The Hall–Kier alpha value is -2.86. The summed E-state index contributed by atoms with van der Waals surface area (Å²) in [5.74, 6) is 0.179. The lowest BCUT2D eigenvalue weighted by atomic mass is 10.1. The molecule has 0 radical (unpaired) electrons. The van der Waals surface area contributed by atoms with Gasteiger partial charge in [-0.1, -0.05) is 18.2 Å². The number of rotatable bonds is 6. The minimum atomic E-state index is -1.40. The predicted octanol–water partition coefficient (Wildman–Crippen LogP) is -0.0639. The molecule has 1 aromatic carbocycles. The number of anilines is 1. The zero-order valence-corrected chi connectivity index (χ0v) is 14.9. The van der Waals surface area contributed by atoms with E-state index in [9.17, 15) is 25.1 Å². The number of nitro benzene ring substituents is 1. The molecule has 5 atom stereocenters. The highest BCUT2D eigenvalue weighted by molar-refractivity contribution is 5.46. The predicted molar refractivity (Wildman–Crippen MR) is 96.6 cm³/mol. The highest BCUT2D eigenvalue weighted by Gasteiger charge is 2.43. The zero-order chi connectivity index (χ0) is 20.4. The Bertz CT molecular complexity index is 918. The summed E-state index contributed by atoms with van der Waals surface area (Å²) >= 11 is 0. The van der Waals surface area contributed by atoms with Crippen LogP contribution in [0.4, 0.5) is 11.5 Å². The fourth-order valence-electron chi connectivity index (χ4n) is 3.12. The van der Waals surface area contributed by atoms with Crippen LogP contribution in [0.2, 0.25) is 0 Å². The van der Waals surface area contributed by atoms with Crippen LogP contribution in [0.15, 0.2) is 41.3 Å². The second-order valence-electron chi connectivity index (χ2n) is 6.41. The molecular formula is C17H20N4O7. The molecule has 1 aromatic heterocycles. The molecule has 0 amide bonds. The summed E-state index contributed by atoms with van der Waals surface area (Å²) in [5, 5.41) is 43.1. The van der Waals surface area contributed by atoms with Crippen molar-refractivity contribution in [2.24, 2.45) is 0 Å². The van der Waals surface area contributed by atoms with Crippen molar-refractivity contribution in [2.45, 2.75) is 37.5 Å². The lowest BCUT2D eigenvalue weighted by Gasteiger charge is -2.19. The van der Waals surface area contributed by atoms with Gasteiger partial charge in [0.2, 0.25) is 0 Å². The molecule has 1 saturated heterocycles. The Labute approximate surface area is 159 Å². The molecule has 4 N–H and O–H groups in total.